The summed E-state index contributed by atoms with van der Waals surface area (Å²) in [4.78, 5) is 37.8. The van der Waals surface area contributed by atoms with Crippen LogP contribution in [0.2, 0.25) is 0 Å². The van der Waals surface area contributed by atoms with E-state index in [1.54, 1.807) is 0 Å². The van der Waals surface area contributed by atoms with Crippen LogP contribution in [0.5, 0.6) is 0 Å². The van der Waals surface area contributed by atoms with Crippen molar-refractivity contribution in [2.45, 2.75) is 270 Å². The Kier molecular flexibility index (Phi) is 57.4. The lowest BCUT2D eigenvalue weighted by molar-refractivity contribution is -0.870. The molecule has 0 radical (unpaired) electrons. The topological polar surface area (TPSA) is 111 Å². The fourth-order valence-corrected chi connectivity index (χ4v) is 9.63. The van der Waals surface area contributed by atoms with Gasteiger partial charge in [-0.3, -0.25) is 18.6 Å². The van der Waals surface area contributed by atoms with E-state index in [4.69, 9.17) is 13.8 Å². The number of allylic oxidation sites excluding steroid dienone is 21. The number of rotatable bonds is 58. The summed E-state index contributed by atoms with van der Waals surface area (Å²) < 4.78 is 30.7. The number of ether oxygens (including phenoxy) is 1. The molecule has 2 N–H and O–H groups in total. The first-order chi connectivity index (χ1) is 39.9. The van der Waals surface area contributed by atoms with Gasteiger partial charge in [0.15, 0.2) is 0 Å². The fourth-order valence-electron chi connectivity index (χ4n) is 8.90. The first-order valence-corrected chi connectivity index (χ1v) is 34.6. The minimum Gasteiger partial charge on any atom is -0.456 e. The van der Waals surface area contributed by atoms with Gasteiger partial charge in [-0.05, 0) is 96.0 Å². The lowest BCUT2D eigenvalue weighted by Crippen LogP contribution is -2.47. The van der Waals surface area contributed by atoms with E-state index in [0.717, 1.165) is 89.9 Å². The number of carbonyl (C=O) groups excluding carboxylic acids is 2. The Labute approximate surface area is 505 Å². The molecule has 0 aliphatic rings. The van der Waals surface area contributed by atoms with Crippen molar-refractivity contribution in [2.75, 3.05) is 40.9 Å². The van der Waals surface area contributed by atoms with E-state index in [2.05, 4.69) is 86.8 Å². The Balaban J connectivity index is 5.18. The second-order valence-electron chi connectivity index (χ2n) is 23.1. The van der Waals surface area contributed by atoms with Crippen molar-refractivity contribution in [1.82, 2.24) is 5.32 Å². The number of nitrogens with one attached hydrogen (secondary N) is 1. The highest BCUT2D eigenvalue weighted by Crippen LogP contribution is 2.43. The summed E-state index contributed by atoms with van der Waals surface area (Å²) in [7, 11) is 1.44. The predicted molar refractivity (Wildman–Crippen MR) is 355 cm³/mol. The molecule has 1 amide bonds. The second kappa shape index (κ2) is 60.3. The van der Waals surface area contributed by atoms with Crippen LogP contribution in [0.3, 0.4) is 0 Å². The number of carbonyl (C=O) groups is 2. The van der Waals surface area contributed by atoms with Gasteiger partial charge in [0.2, 0.25) is 5.91 Å². The van der Waals surface area contributed by atoms with Crippen LogP contribution in [-0.2, 0) is 27.9 Å². The van der Waals surface area contributed by atoms with Gasteiger partial charge in [0.1, 0.15) is 19.3 Å². The molecule has 3 unspecified atom stereocenters. The van der Waals surface area contributed by atoms with Gasteiger partial charge in [-0.1, -0.05) is 283 Å². The minimum absolute atomic E-state index is 0.0233. The van der Waals surface area contributed by atoms with E-state index in [1.807, 2.05) is 94.1 Å². The summed E-state index contributed by atoms with van der Waals surface area (Å²) in [5.41, 5.74) is 0. The van der Waals surface area contributed by atoms with E-state index in [9.17, 15) is 19.0 Å². The monoisotopic (exact) mass is 1160 g/mol. The molecule has 0 saturated heterocycles. The van der Waals surface area contributed by atoms with Crippen LogP contribution in [-0.4, -0.2) is 74.3 Å². The average molecular weight is 1160 g/mol. The molecule has 10 heteroatoms. The Morgan fingerprint density at radius 2 is 0.829 bits per heavy atom. The molecule has 0 aromatic heterocycles. The largest absolute Gasteiger partial charge is 0.472 e. The molecule has 0 rings (SSSR count). The highest BCUT2D eigenvalue weighted by atomic mass is 31.2. The summed E-state index contributed by atoms with van der Waals surface area (Å²) in [6, 6.07) is -0.883. The lowest BCUT2D eigenvalue weighted by Gasteiger charge is -2.27. The molecule has 0 spiro atoms. The van der Waals surface area contributed by atoms with Crippen molar-refractivity contribution in [2.24, 2.45) is 0 Å². The van der Waals surface area contributed by atoms with Gasteiger partial charge in [0, 0.05) is 12.8 Å². The highest BCUT2D eigenvalue weighted by molar-refractivity contribution is 7.47. The van der Waals surface area contributed by atoms with Crippen LogP contribution in [0.1, 0.15) is 258 Å². The number of esters is 1. The normalized spacial score (nSPS) is 14.5. The van der Waals surface area contributed by atoms with Gasteiger partial charge in [-0.2, -0.15) is 0 Å². The number of phosphoric acid groups is 1. The van der Waals surface area contributed by atoms with Gasteiger partial charge in [0.05, 0.1) is 33.8 Å². The molecule has 468 valence electrons. The number of hydrogen-bond donors (Lipinski definition) is 2. The third-order valence-corrected chi connectivity index (χ3v) is 15.0. The van der Waals surface area contributed by atoms with Gasteiger partial charge < -0.3 is 19.4 Å². The van der Waals surface area contributed by atoms with Gasteiger partial charge in [0.25, 0.3) is 0 Å². The van der Waals surface area contributed by atoms with Gasteiger partial charge >= 0.3 is 13.8 Å². The molecule has 0 bridgehead atoms. The Bertz CT molecular complexity index is 1860. The molecule has 9 nitrogen and oxygen atoms in total. The summed E-state index contributed by atoms with van der Waals surface area (Å²) >= 11 is 0. The first kappa shape index (κ1) is 78.1. The summed E-state index contributed by atoms with van der Waals surface area (Å²) in [6.07, 6.45) is 86.0. The smallest absolute Gasteiger partial charge is 0.456 e. The molecule has 0 aromatic rings. The lowest BCUT2D eigenvalue weighted by atomic mass is 10.0. The number of amides is 1. The molecular weight excluding hydrogens is 1040 g/mol. The van der Waals surface area contributed by atoms with E-state index in [1.165, 1.54) is 128 Å². The number of likely N-dealkylation sites (N-methyl/N-ethyl adjacent to an activating group) is 1. The zero-order chi connectivity index (χ0) is 60.0. The highest BCUT2D eigenvalue weighted by Gasteiger charge is 2.30. The van der Waals surface area contributed by atoms with Gasteiger partial charge in [-0.15, -0.1) is 0 Å². The molecular formula is C72H124N2O7P+. The fraction of sp³-hybridized carbons (Fsp3) is 0.667. The number of nitrogens with zero attached hydrogens (tertiary/aromatic N) is 1. The van der Waals surface area contributed by atoms with Crippen LogP contribution in [0.4, 0.5) is 0 Å². The van der Waals surface area contributed by atoms with Crippen molar-refractivity contribution in [3.8, 4) is 0 Å². The Morgan fingerprint density at radius 1 is 0.451 bits per heavy atom. The molecule has 0 heterocycles. The minimum atomic E-state index is -4.47. The van der Waals surface area contributed by atoms with Crippen molar-refractivity contribution in [1.29, 1.82) is 0 Å². The maximum atomic E-state index is 13.5. The molecule has 0 fully saturated rings. The van der Waals surface area contributed by atoms with E-state index in [-0.39, 0.29) is 37.9 Å². The maximum absolute atomic E-state index is 13.5. The van der Waals surface area contributed by atoms with Crippen LogP contribution in [0.25, 0.3) is 0 Å². The summed E-state index contributed by atoms with van der Waals surface area (Å²) in [5.74, 6) is -0.567. The molecule has 3 atom stereocenters. The predicted octanol–water partition coefficient (Wildman–Crippen LogP) is 20.8. The molecule has 82 heavy (non-hydrogen) atoms. The molecule has 0 aromatic carbocycles. The van der Waals surface area contributed by atoms with Gasteiger partial charge in [-0.25, -0.2) is 4.57 Å². The van der Waals surface area contributed by atoms with Crippen LogP contribution in [0, 0.1) is 0 Å². The third kappa shape index (κ3) is 60.7. The average Bonchev–Trinajstić information content (AvgIpc) is 3.44. The Morgan fingerprint density at radius 3 is 1.32 bits per heavy atom. The zero-order valence-corrected chi connectivity index (χ0v) is 54.3. The quantitative estimate of drug-likeness (QED) is 0.0156. The van der Waals surface area contributed by atoms with E-state index >= 15 is 0 Å². The van der Waals surface area contributed by atoms with Crippen LogP contribution in [0.15, 0.2) is 134 Å². The molecule has 0 aliphatic carbocycles. The third-order valence-electron chi connectivity index (χ3n) is 14.0. The van der Waals surface area contributed by atoms with Crippen molar-refractivity contribution in [3.63, 3.8) is 0 Å². The van der Waals surface area contributed by atoms with Crippen molar-refractivity contribution in [3.05, 3.63) is 134 Å². The van der Waals surface area contributed by atoms with Crippen LogP contribution < -0.4 is 5.32 Å². The summed E-state index contributed by atoms with van der Waals surface area (Å²) in [5, 5.41) is 3.03. The van der Waals surface area contributed by atoms with E-state index in [0.29, 0.717) is 17.4 Å². The number of unbranched alkanes of at least 4 members (excludes halogenated alkanes) is 27. The second-order valence-corrected chi connectivity index (χ2v) is 24.5. The SMILES string of the molecule is CC\C=C/C=C/C=C/C=C\C=C\C=C\CCCCCC(=O)NC(COP(=O)(O)OCC[N+](C)(C)C)C(/C=C\CCCCCCCCCCCC)OC(=O)CCCCCCCCCCCCC/C=C\C/C=C\C/C=C\C/C=C\CCCCC. The van der Waals surface area contributed by atoms with Crippen molar-refractivity contribution < 1.29 is 37.3 Å². The first-order valence-electron chi connectivity index (χ1n) is 33.1. The maximum Gasteiger partial charge on any atom is 0.472 e. The Hall–Kier alpha value is -3.85. The number of quaternary nitrogens is 1. The van der Waals surface area contributed by atoms with E-state index < -0.39 is 20.0 Å². The standard InChI is InChI=1S/C72H123N2O7P/c1-7-10-13-16-19-22-25-28-30-32-33-34-35-36-37-38-39-40-41-43-45-47-50-53-56-59-62-65-72(76)81-70(63-60-57-54-51-48-27-24-21-18-15-12-9-3)69(68-80-82(77,78)79-67-66-74(4,5)6)73-71(75)64-61-58-55-52-49-46-44-42-31-29-26-23-20-17-14-11-8-2/h11,14,17,19-20,22-23,26,28-31,33-34,36-37,42,44,46,49,60,63,69-70H,7-10,12-13,15-16,18,21,24-25,27,32,35,38-41,43,45,47-48,50-59,61-62,64-68H2,1-6H3,(H-,73,75,77,78)/p+1/b14-11-,20-17+,22-19-,26-23+,30-28-,31-29-,34-33-,37-36-,44-42+,49-46+,63-60-. The van der Waals surface area contributed by atoms with Crippen molar-refractivity contribution >= 4 is 19.7 Å². The number of hydrogen-bond acceptors (Lipinski definition) is 6. The summed E-state index contributed by atoms with van der Waals surface area (Å²) in [6.45, 7) is 6.79. The number of phosphoric ester groups is 1. The van der Waals surface area contributed by atoms with Crippen LogP contribution >= 0.6 is 7.82 Å². The zero-order valence-electron chi connectivity index (χ0n) is 53.4. The molecule has 0 saturated carbocycles. The molecule has 0 aliphatic heterocycles.